The Morgan fingerprint density at radius 2 is 2.38 bits per heavy atom. The van der Waals surface area contributed by atoms with Crippen LogP contribution >= 0.6 is 11.8 Å². The highest BCUT2D eigenvalue weighted by Gasteiger charge is 2.20. The lowest BCUT2D eigenvalue weighted by molar-refractivity contribution is 0.451. The maximum atomic E-state index is 8.96. The molecule has 1 aromatic rings. The predicted octanol–water partition coefficient (Wildman–Crippen LogP) is 0.584. The smallest absolute Gasteiger partial charge is 0.209 e. The molecule has 6 nitrogen and oxygen atoms in total. The van der Waals surface area contributed by atoms with Crippen molar-refractivity contribution in [1.82, 2.24) is 25.5 Å². The van der Waals surface area contributed by atoms with Gasteiger partial charge in [0.15, 0.2) is 0 Å². The van der Waals surface area contributed by atoms with Crippen LogP contribution in [0.4, 0.5) is 0 Å². The molecule has 16 heavy (non-hydrogen) atoms. The first-order valence-electron chi connectivity index (χ1n) is 5.06. The van der Waals surface area contributed by atoms with E-state index in [0.29, 0.717) is 0 Å². The van der Waals surface area contributed by atoms with Crippen LogP contribution < -0.4 is 5.32 Å². The number of nitriles is 1. The highest BCUT2D eigenvalue weighted by Crippen LogP contribution is 2.17. The summed E-state index contributed by atoms with van der Waals surface area (Å²) in [6.45, 7) is 1.90. The molecular formula is C9H16N6S. The second kappa shape index (κ2) is 5.82. The lowest BCUT2D eigenvalue weighted by Crippen LogP contribution is -2.37. The van der Waals surface area contributed by atoms with E-state index in [4.69, 9.17) is 5.26 Å². The first-order valence-corrected chi connectivity index (χ1v) is 6.05. The molecule has 0 aromatic carbocycles. The first-order chi connectivity index (χ1) is 7.61. The van der Waals surface area contributed by atoms with Crippen LogP contribution in [0.2, 0.25) is 0 Å². The van der Waals surface area contributed by atoms with Gasteiger partial charge in [-0.2, -0.15) is 5.26 Å². The minimum absolute atomic E-state index is 0.432. The van der Waals surface area contributed by atoms with Gasteiger partial charge in [-0.25, -0.2) is 4.68 Å². The molecular weight excluding hydrogens is 224 g/mol. The molecule has 0 amide bonds. The van der Waals surface area contributed by atoms with Gasteiger partial charge in [-0.05, 0) is 37.2 Å². The van der Waals surface area contributed by atoms with Gasteiger partial charge in [-0.15, -0.1) is 5.10 Å². The van der Waals surface area contributed by atoms with E-state index in [1.165, 1.54) is 0 Å². The lowest BCUT2D eigenvalue weighted by atomic mass is 9.99. The zero-order chi connectivity index (χ0) is 12.0. The van der Waals surface area contributed by atoms with E-state index >= 15 is 0 Å². The summed E-state index contributed by atoms with van der Waals surface area (Å²) in [7, 11) is 3.62. The fraction of sp³-hybridized carbons (Fsp3) is 0.778. The number of nitrogens with zero attached hydrogens (tertiary/aromatic N) is 5. The molecule has 0 aliphatic rings. The molecule has 0 aliphatic carbocycles. The van der Waals surface area contributed by atoms with Crippen molar-refractivity contribution in [2.75, 3.05) is 12.8 Å². The van der Waals surface area contributed by atoms with E-state index in [9.17, 15) is 0 Å². The number of aromatic nitrogens is 4. The van der Waals surface area contributed by atoms with Gasteiger partial charge in [-0.1, -0.05) is 11.8 Å². The lowest BCUT2D eigenvalue weighted by Gasteiger charge is -2.19. The summed E-state index contributed by atoms with van der Waals surface area (Å²) in [5.41, 5.74) is -0.432. The number of hydrogen-bond donors (Lipinski definition) is 1. The van der Waals surface area contributed by atoms with Crippen LogP contribution in [-0.2, 0) is 7.05 Å². The Balaban J connectivity index is 2.28. The van der Waals surface area contributed by atoms with Gasteiger partial charge in [0, 0.05) is 12.8 Å². The van der Waals surface area contributed by atoms with Crippen molar-refractivity contribution in [3.05, 3.63) is 0 Å². The number of rotatable bonds is 6. The normalized spacial score (nSPS) is 14.4. The second-order valence-corrected chi connectivity index (χ2v) is 4.79. The van der Waals surface area contributed by atoms with Crippen molar-refractivity contribution in [3.63, 3.8) is 0 Å². The fourth-order valence-electron chi connectivity index (χ4n) is 1.17. The largest absolute Gasteiger partial charge is 0.303 e. The molecule has 0 saturated carbocycles. The van der Waals surface area contributed by atoms with Crippen molar-refractivity contribution in [1.29, 1.82) is 5.26 Å². The van der Waals surface area contributed by atoms with Crippen LogP contribution in [-0.4, -0.2) is 38.5 Å². The Morgan fingerprint density at radius 3 is 2.88 bits per heavy atom. The van der Waals surface area contributed by atoms with E-state index < -0.39 is 5.54 Å². The maximum absolute atomic E-state index is 8.96. The summed E-state index contributed by atoms with van der Waals surface area (Å²) < 4.78 is 1.65. The molecule has 0 aliphatic heterocycles. The van der Waals surface area contributed by atoms with Gasteiger partial charge in [0.1, 0.15) is 5.54 Å². The molecule has 1 aromatic heterocycles. The van der Waals surface area contributed by atoms with Gasteiger partial charge in [0.25, 0.3) is 0 Å². The van der Waals surface area contributed by atoms with Crippen LogP contribution in [0.5, 0.6) is 0 Å². The zero-order valence-corrected chi connectivity index (χ0v) is 10.6. The quantitative estimate of drug-likeness (QED) is 0.579. The summed E-state index contributed by atoms with van der Waals surface area (Å²) in [5, 5.41) is 24.0. The van der Waals surface area contributed by atoms with E-state index in [1.54, 1.807) is 16.4 Å². The van der Waals surface area contributed by atoms with Crippen LogP contribution in [0.1, 0.15) is 19.8 Å². The highest BCUT2D eigenvalue weighted by atomic mass is 32.2. The third-order valence-electron chi connectivity index (χ3n) is 2.43. The minimum Gasteiger partial charge on any atom is -0.303 e. The highest BCUT2D eigenvalue weighted by molar-refractivity contribution is 7.99. The number of nitrogens with one attached hydrogen (secondary N) is 1. The Kier molecular flexibility index (Phi) is 4.71. The fourth-order valence-corrected chi connectivity index (χ4v) is 1.96. The summed E-state index contributed by atoms with van der Waals surface area (Å²) in [5.74, 6) is 0.910. The standard InChI is InChI=1S/C9H16N6S/c1-9(7-10,11-2)5-4-6-16-8-12-13-14-15(8)3/h11H,4-6H2,1-3H3. The van der Waals surface area contributed by atoms with Crippen molar-refractivity contribution in [2.45, 2.75) is 30.5 Å². The molecule has 1 unspecified atom stereocenters. The Morgan fingerprint density at radius 1 is 1.62 bits per heavy atom. The van der Waals surface area contributed by atoms with Crippen LogP contribution in [0, 0.1) is 11.3 Å². The molecule has 0 saturated heterocycles. The molecule has 1 rings (SSSR count). The van der Waals surface area contributed by atoms with Crippen molar-refractivity contribution in [3.8, 4) is 6.07 Å². The second-order valence-electron chi connectivity index (χ2n) is 3.73. The molecule has 7 heteroatoms. The van der Waals surface area contributed by atoms with Crippen molar-refractivity contribution < 1.29 is 0 Å². The van der Waals surface area contributed by atoms with Crippen LogP contribution in [0.15, 0.2) is 5.16 Å². The first kappa shape index (κ1) is 12.9. The monoisotopic (exact) mass is 240 g/mol. The van der Waals surface area contributed by atoms with Gasteiger partial charge in [0.05, 0.1) is 6.07 Å². The molecule has 1 atom stereocenters. The van der Waals surface area contributed by atoms with Crippen molar-refractivity contribution >= 4 is 11.8 Å². The minimum atomic E-state index is -0.432. The number of tetrazole rings is 1. The molecule has 88 valence electrons. The topological polar surface area (TPSA) is 79.4 Å². The molecule has 1 heterocycles. The van der Waals surface area contributed by atoms with Gasteiger partial charge in [-0.3, -0.25) is 0 Å². The van der Waals surface area contributed by atoms with Crippen molar-refractivity contribution in [2.24, 2.45) is 7.05 Å². The summed E-state index contributed by atoms with van der Waals surface area (Å²) in [6.07, 6.45) is 1.76. The molecule has 1 N–H and O–H groups in total. The maximum Gasteiger partial charge on any atom is 0.209 e. The van der Waals surface area contributed by atoms with Gasteiger partial charge >= 0.3 is 0 Å². The van der Waals surface area contributed by atoms with E-state index in [-0.39, 0.29) is 0 Å². The Hall–Kier alpha value is -1.13. The van der Waals surface area contributed by atoms with Gasteiger partial charge < -0.3 is 5.32 Å². The number of thioether (sulfide) groups is 1. The molecule has 0 bridgehead atoms. The van der Waals surface area contributed by atoms with E-state index in [1.807, 2.05) is 21.0 Å². The van der Waals surface area contributed by atoms with E-state index in [2.05, 4.69) is 26.9 Å². The molecule has 0 fully saturated rings. The van der Waals surface area contributed by atoms with E-state index in [0.717, 1.165) is 23.8 Å². The summed E-state index contributed by atoms with van der Waals surface area (Å²) >= 11 is 1.61. The predicted molar refractivity (Wildman–Crippen MR) is 61.8 cm³/mol. The number of aryl methyl sites for hydroxylation is 1. The zero-order valence-electron chi connectivity index (χ0n) is 9.77. The average Bonchev–Trinajstić information content (AvgIpc) is 2.70. The molecule has 0 spiro atoms. The Labute approximate surface area is 99.4 Å². The summed E-state index contributed by atoms with van der Waals surface area (Å²) in [6, 6.07) is 2.27. The average molecular weight is 240 g/mol. The van der Waals surface area contributed by atoms with Crippen LogP contribution in [0.3, 0.4) is 0 Å². The third kappa shape index (κ3) is 3.47. The SMILES string of the molecule is CNC(C)(C#N)CCCSc1nnnn1C. The summed E-state index contributed by atoms with van der Waals surface area (Å²) in [4.78, 5) is 0. The van der Waals surface area contributed by atoms with Crippen LogP contribution in [0.25, 0.3) is 0 Å². The third-order valence-corrected chi connectivity index (χ3v) is 3.53. The Bertz CT molecular complexity index is 370. The van der Waals surface area contributed by atoms with Gasteiger partial charge in [0.2, 0.25) is 5.16 Å². The number of hydrogen-bond acceptors (Lipinski definition) is 6. The molecule has 0 radical (unpaired) electrons.